The molecule has 2 fully saturated rings. The van der Waals surface area contributed by atoms with Crippen LogP contribution in [0.3, 0.4) is 0 Å². The normalized spacial score (nSPS) is 23.5. The molecule has 9 heteroatoms. The molecule has 4 rings (SSSR count). The molecule has 2 aliphatic heterocycles. The van der Waals surface area contributed by atoms with E-state index in [-0.39, 0.29) is 23.0 Å². The Bertz CT molecular complexity index is 942. The van der Waals surface area contributed by atoms with Crippen molar-refractivity contribution in [3.8, 4) is 0 Å². The SMILES string of the molecule is C[C@H]1C[C@@H](NC(=O)CN2CCCN(C)CC2)CN(c2ccc(C(F)F)c3nccnc23)C1. The number of nitrogens with one attached hydrogen (secondary N) is 1. The van der Waals surface area contributed by atoms with Gasteiger partial charge in [0.05, 0.1) is 17.7 Å². The van der Waals surface area contributed by atoms with Gasteiger partial charge in [-0.05, 0) is 51.0 Å². The first-order valence-electron chi connectivity index (χ1n) is 11.4. The Hall–Kier alpha value is -2.39. The number of alkyl halides is 2. The molecule has 1 amide bonds. The second-order valence-electron chi connectivity index (χ2n) is 9.17. The number of rotatable bonds is 5. The van der Waals surface area contributed by atoms with Crippen molar-refractivity contribution in [1.82, 2.24) is 25.1 Å². The molecule has 7 nitrogen and oxygen atoms in total. The summed E-state index contributed by atoms with van der Waals surface area (Å²) in [6, 6.07) is 3.16. The van der Waals surface area contributed by atoms with E-state index in [4.69, 9.17) is 0 Å². The molecule has 2 aromatic rings. The monoisotopic (exact) mass is 446 g/mol. The van der Waals surface area contributed by atoms with Gasteiger partial charge in [0, 0.05) is 50.2 Å². The summed E-state index contributed by atoms with van der Waals surface area (Å²) >= 11 is 0. The molecule has 0 aliphatic carbocycles. The minimum absolute atomic E-state index is 0.00222. The molecule has 174 valence electrons. The van der Waals surface area contributed by atoms with E-state index >= 15 is 0 Å². The fraction of sp³-hybridized carbons (Fsp3) is 0.609. The number of carbonyl (C=O) groups is 1. The predicted octanol–water partition coefficient (Wildman–Crippen LogP) is 2.54. The predicted molar refractivity (Wildman–Crippen MR) is 121 cm³/mol. The van der Waals surface area contributed by atoms with Crippen LogP contribution in [0.15, 0.2) is 24.5 Å². The molecular formula is C23H32F2N6O. The summed E-state index contributed by atoms with van der Waals surface area (Å²) in [4.78, 5) is 28.0. The van der Waals surface area contributed by atoms with Gasteiger partial charge in [0.25, 0.3) is 6.43 Å². The lowest BCUT2D eigenvalue weighted by Gasteiger charge is -2.38. The van der Waals surface area contributed by atoms with Crippen molar-refractivity contribution >= 4 is 22.6 Å². The average molecular weight is 447 g/mol. The first kappa shape index (κ1) is 22.8. The van der Waals surface area contributed by atoms with E-state index in [2.05, 4.69) is 44.0 Å². The number of amides is 1. The van der Waals surface area contributed by atoms with Gasteiger partial charge >= 0.3 is 0 Å². The number of benzene rings is 1. The highest BCUT2D eigenvalue weighted by atomic mass is 19.3. The molecule has 0 spiro atoms. The molecule has 1 N–H and O–H groups in total. The Balaban J connectivity index is 1.46. The van der Waals surface area contributed by atoms with Crippen LogP contribution in [-0.4, -0.2) is 84.6 Å². The first-order valence-corrected chi connectivity index (χ1v) is 11.4. The molecule has 32 heavy (non-hydrogen) atoms. The maximum absolute atomic E-state index is 13.4. The van der Waals surface area contributed by atoms with Gasteiger partial charge in [-0.2, -0.15) is 0 Å². The van der Waals surface area contributed by atoms with E-state index in [1.807, 2.05) is 0 Å². The summed E-state index contributed by atoms with van der Waals surface area (Å²) < 4.78 is 26.9. The van der Waals surface area contributed by atoms with Crippen molar-refractivity contribution in [1.29, 1.82) is 0 Å². The zero-order chi connectivity index (χ0) is 22.7. The molecule has 0 radical (unpaired) electrons. The van der Waals surface area contributed by atoms with Crippen LogP contribution in [0.25, 0.3) is 11.0 Å². The molecule has 0 unspecified atom stereocenters. The molecule has 0 bridgehead atoms. The second kappa shape index (κ2) is 10.0. The maximum Gasteiger partial charge on any atom is 0.266 e. The third kappa shape index (κ3) is 5.32. The van der Waals surface area contributed by atoms with E-state index in [0.29, 0.717) is 24.5 Å². The van der Waals surface area contributed by atoms with E-state index in [1.165, 1.54) is 18.5 Å². The summed E-state index contributed by atoms with van der Waals surface area (Å²) in [5.74, 6) is 0.397. The maximum atomic E-state index is 13.4. The smallest absolute Gasteiger partial charge is 0.266 e. The number of piperidine rings is 1. The second-order valence-corrected chi connectivity index (χ2v) is 9.17. The van der Waals surface area contributed by atoms with E-state index in [0.717, 1.165) is 51.3 Å². The lowest BCUT2D eigenvalue weighted by molar-refractivity contribution is -0.123. The molecule has 1 aromatic heterocycles. The molecule has 2 atom stereocenters. The Morgan fingerprint density at radius 2 is 1.91 bits per heavy atom. The van der Waals surface area contributed by atoms with Gasteiger partial charge in [0.1, 0.15) is 5.52 Å². The number of anilines is 1. The van der Waals surface area contributed by atoms with Crippen molar-refractivity contribution in [2.45, 2.75) is 32.2 Å². The first-order chi connectivity index (χ1) is 15.4. The molecule has 2 saturated heterocycles. The van der Waals surface area contributed by atoms with E-state index in [1.54, 1.807) is 6.07 Å². The summed E-state index contributed by atoms with van der Waals surface area (Å²) in [5.41, 5.74) is 1.41. The number of aromatic nitrogens is 2. The third-order valence-electron chi connectivity index (χ3n) is 6.42. The topological polar surface area (TPSA) is 64.6 Å². The Kier molecular flexibility index (Phi) is 7.15. The van der Waals surface area contributed by atoms with E-state index in [9.17, 15) is 13.6 Å². The largest absolute Gasteiger partial charge is 0.367 e. The average Bonchev–Trinajstić information content (AvgIpc) is 2.96. The van der Waals surface area contributed by atoms with Crippen LogP contribution >= 0.6 is 0 Å². The minimum atomic E-state index is -2.60. The fourth-order valence-electron chi connectivity index (χ4n) is 4.88. The van der Waals surface area contributed by atoms with Gasteiger partial charge in [-0.15, -0.1) is 0 Å². The molecule has 1 aromatic carbocycles. The number of fused-ring (bicyclic) bond motifs is 1. The third-order valence-corrected chi connectivity index (χ3v) is 6.42. The number of hydrogen-bond acceptors (Lipinski definition) is 6. The highest BCUT2D eigenvalue weighted by molar-refractivity contribution is 5.90. The van der Waals surface area contributed by atoms with Gasteiger partial charge in [-0.25, -0.2) is 8.78 Å². The number of halogens is 2. The highest BCUT2D eigenvalue weighted by Gasteiger charge is 2.29. The highest BCUT2D eigenvalue weighted by Crippen LogP contribution is 2.33. The van der Waals surface area contributed by atoms with Crippen molar-refractivity contribution in [2.75, 3.05) is 57.8 Å². The Labute approximate surface area is 187 Å². The summed E-state index contributed by atoms with van der Waals surface area (Å²) in [7, 11) is 2.11. The number of likely N-dealkylation sites (N-methyl/N-ethyl adjacent to an activating group) is 1. The lowest BCUT2D eigenvalue weighted by Crippen LogP contribution is -2.52. The molecule has 2 aliphatic rings. The molecular weight excluding hydrogens is 414 g/mol. The number of hydrogen-bond donors (Lipinski definition) is 1. The standard InChI is InChI=1S/C23H32F2N6O/c1-16-12-17(28-20(32)15-30-9-3-8-29(2)10-11-30)14-31(13-16)19-5-4-18(23(24)25)21-22(19)27-7-6-26-21/h4-7,16-17,23H,3,8-15H2,1-2H3,(H,28,32)/t16-,17+/m0/s1. The van der Waals surface area contributed by atoms with Gasteiger partial charge in [-0.3, -0.25) is 19.7 Å². The quantitative estimate of drug-likeness (QED) is 0.762. The van der Waals surface area contributed by atoms with Gasteiger partial charge in [0.15, 0.2) is 0 Å². The fourth-order valence-corrected chi connectivity index (χ4v) is 4.88. The van der Waals surface area contributed by atoms with Gasteiger partial charge < -0.3 is 15.1 Å². The number of nitrogens with zero attached hydrogens (tertiary/aromatic N) is 5. The van der Waals surface area contributed by atoms with Crippen molar-refractivity contribution < 1.29 is 13.6 Å². The van der Waals surface area contributed by atoms with Crippen LogP contribution < -0.4 is 10.2 Å². The minimum Gasteiger partial charge on any atom is -0.367 e. The zero-order valence-corrected chi connectivity index (χ0v) is 18.8. The van der Waals surface area contributed by atoms with Crippen LogP contribution in [0.2, 0.25) is 0 Å². The van der Waals surface area contributed by atoms with Gasteiger partial charge in [0.2, 0.25) is 5.91 Å². The van der Waals surface area contributed by atoms with E-state index < -0.39 is 6.43 Å². The van der Waals surface area contributed by atoms with Crippen LogP contribution in [0, 0.1) is 5.92 Å². The Morgan fingerprint density at radius 3 is 2.69 bits per heavy atom. The zero-order valence-electron chi connectivity index (χ0n) is 18.8. The Morgan fingerprint density at radius 1 is 1.12 bits per heavy atom. The summed E-state index contributed by atoms with van der Waals surface area (Å²) in [6.45, 7) is 7.85. The summed E-state index contributed by atoms with van der Waals surface area (Å²) in [5, 5.41) is 3.21. The van der Waals surface area contributed by atoms with Crippen LogP contribution in [0.4, 0.5) is 14.5 Å². The number of carbonyl (C=O) groups excluding carboxylic acids is 1. The summed E-state index contributed by atoms with van der Waals surface area (Å²) in [6.07, 6.45) is 2.34. The van der Waals surface area contributed by atoms with Crippen LogP contribution in [-0.2, 0) is 4.79 Å². The van der Waals surface area contributed by atoms with Crippen molar-refractivity contribution in [3.05, 3.63) is 30.1 Å². The van der Waals surface area contributed by atoms with Crippen LogP contribution in [0.5, 0.6) is 0 Å². The van der Waals surface area contributed by atoms with Crippen molar-refractivity contribution in [3.63, 3.8) is 0 Å². The van der Waals surface area contributed by atoms with Gasteiger partial charge in [-0.1, -0.05) is 6.92 Å². The van der Waals surface area contributed by atoms with Crippen LogP contribution in [0.1, 0.15) is 31.8 Å². The van der Waals surface area contributed by atoms with Crippen molar-refractivity contribution in [2.24, 2.45) is 5.92 Å². The molecule has 0 saturated carbocycles. The molecule has 3 heterocycles. The lowest BCUT2D eigenvalue weighted by atomic mass is 9.95.